The summed E-state index contributed by atoms with van der Waals surface area (Å²) in [4.78, 5) is 11.9. The van der Waals surface area contributed by atoms with Gasteiger partial charge in [0.05, 0.1) is 5.56 Å². The van der Waals surface area contributed by atoms with Crippen LogP contribution in [0.3, 0.4) is 0 Å². The first-order valence-electron chi connectivity index (χ1n) is 6.59. The molecule has 0 aliphatic heterocycles. The van der Waals surface area contributed by atoms with Crippen LogP contribution in [0.15, 0.2) is 18.2 Å². The molecule has 1 rings (SSSR count). The van der Waals surface area contributed by atoms with E-state index >= 15 is 0 Å². The number of nitrogens with one attached hydrogen (secondary N) is 1. The lowest BCUT2D eigenvalue weighted by atomic mass is 9.85. The lowest BCUT2D eigenvalue weighted by Gasteiger charge is -2.25. The topological polar surface area (TPSA) is 49.3 Å². The minimum Gasteiger partial charge on any atom is -0.507 e. The van der Waals surface area contributed by atoms with Gasteiger partial charge < -0.3 is 10.4 Å². The predicted octanol–water partition coefficient (Wildman–Crippen LogP) is 3.19. The smallest absolute Gasteiger partial charge is 0.255 e. The Hall–Kier alpha value is -1.58. The number of benzene rings is 1. The van der Waals surface area contributed by atoms with Gasteiger partial charge in [-0.2, -0.15) is 0 Å². The van der Waals surface area contributed by atoms with Crippen molar-refractivity contribution in [3.63, 3.8) is 0 Å². The zero-order valence-electron chi connectivity index (χ0n) is 11.9. The van der Waals surface area contributed by atoms with Gasteiger partial charge in [-0.15, -0.1) is 0 Å². The van der Waals surface area contributed by atoms with Gasteiger partial charge in [0.2, 0.25) is 0 Å². The second-order valence-electron chi connectivity index (χ2n) is 5.52. The second-order valence-corrected chi connectivity index (χ2v) is 5.52. The van der Waals surface area contributed by atoms with E-state index in [2.05, 4.69) is 33.0 Å². The van der Waals surface area contributed by atoms with Crippen LogP contribution in [0, 0.1) is 23.6 Å². The lowest BCUT2D eigenvalue weighted by molar-refractivity contribution is 0.0934. The van der Waals surface area contributed by atoms with Gasteiger partial charge >= 0.3 is 0 Å². The van der Waals surface area contributed by atoms with Crippen molar-refractivity contribution in [1.82, 2.24) is 5.32 Å². The summed E-state index contributed by atoms with van der Waals surface area (Å²) in [5, 5.41) is 12.3. The molecule has 1 aromatic carbocycles. The van der Waals surface area contributed by atoms with E-state index in [0.29, 0.717) is 24.3 Å². The Morgan fingerprint density at radius 2 is 1.84 bits per heavy atom. The highest BCUT2D eigenvalue weighted by Crippen LogP contribution is 2.21. The van der Waals surface area contributed by atoms with E-state index in [1.807, 2.05) is 0 Å². The second kappa shape index (κ2) is 6.55. The van der Waals surface area contributed by atoms with Crippen LogP contribution in [0.1, 0.15) is 38.1 Å². The quantitative estimate of drug-likeness (QED) is 0.860. The normalized spacial score (nSPS) is 11.4. The van der Waals surface area contributed by atoms with E-state index < -0.39 is 11.7 Å². The maximum atomic E-state index is 13.1. The molecule has 19 heavy (non-hydrogen) atoms. The van der Waals surface area contributed by atoms with Crippen molar-refractivity contribution in [3.05, 3.63) is 29.6 Å². The predicted molar refractivity (Wildman–Crippen MR) is 73.6 cm³/mol. The fourth-order valence-corrected chi connectivity index (χ4v) is 2.24. The molecule has 0 aliphatic rings. The molecule has 0 heterocycles. The Balaban J connectivity index is 2.72. The Morgan fingerprint density at radius 3 is 2.37 bits per heavy atom. The van der Waals surface area contributed by atoms with E-state index in [1.165, 1.54) is 6.07 Å². The summed E-state index contributed by atoms with van der Waals surface area (Å²) in [5.74, 6) is 0.0579. The van der Waals surface area contributed by atoms with E-state index in [9.17, 15) is 14.3 Å². The van der Waals surface area contributed by atoms with Crippen LogP contribution >= 0.6 is 0 Å². The van der Waals surface area contributed by atoms with Gasteiger partial charge in [-0.25, -0.2) is 4.39 Å². The van der Waals surface area contributed by atoms with Crippen molar-refractivity contribution < 1.29 is 14.3 Å². The monoisotopic (exact) mass is 267 g/mol. The molecule has 0 fully saturated rings. The molecule has 3 nitrogen and oxygen atoms in total. The van der Waals surface area contributed by atoms with E-state index in [-0.39, 0.29) is 11.3 Å². The molecule has 0 unspecified atom stereocenters. The summed E-state index contributed by atoms with van der Waals surface area (Å²) in [7, 11) is 0. The van der Waals surface area contributed by atoms with Gasteiger partial charge in [-0.3, -0.25) is 4.79 Å². The molecular formula is C15H22FNO2. The van der Waals surface area contributed by atoms with Crippen LogP contribution in [-0.2, 0) is 0 Å². The fourth-order valence-electron chi connectivity index (χ4n) is 2.24. The maximum Gasteiger partial charge on any atom is 0.255 e. The molecule has 1 aromatic rings. The molecule has 1 amide bonds. The molecule has 0 aliphatic carbocycles. The van der Waals surface area contributed by atoms with Crippen LogP contribution in [-0.4, -0.2) is 17.6 Å². The minimum atomic E-state index is -0.535. The Labute approximate surface area is 113 Å². The van der Waals surface area contributed by atoms with E-state index in [4.69, 9.17) is 0 Å². The summed E-state index contributed by atoms with van der Waals surface area (Å²) in [6, 6.07) is 3.36. The summed E-state index contributed by atoms with van der Waals surface area (Å²) in [6.07, 6.45) is 0. The summed E-state index contributed by atoms with van der Waals surface area (Å²) in [6.45, 7) is 8.95. The van der Waals surface area contributed by atoms with Gasteiger partial charge in [-0.05, 0) is 36.0 Å². The summed E-state index contributed by atoms with van der Waals surface area (Å²) < 4.78 is 13.1. The number of halogens is 1. The first-order valence-corrected chi connectivity index (χ1v) is 6.59. The van der Waals surface area contributed by atoms with Crippen molar-refractivity contribution in [2.24, 2.45) is 17.8 Å². The highest BCUT2D eigenvalue weighted by Gasteiger charge is 2.19. The third-order valence-electron chi connectivity index (χ3n) is 3.41. The lowest BCUT2D eigenvalue weighted by Crippen LogP contribution is -2.34. The number of phenols is 1. The van der Waals surface area contributed by atoms with Crippen molar-refractivity contribution in [2.45, 2.75) is 27.7 Å². The number of aromatic hydroxyl groups is 1. The van der Waals surface area contributed by atoms with E-state index in [1.54, 1.807) is 0 Å². The highest BCUT2D eigenvalue weighted by molar-refractivity contribution is 5.96. The fraction of sp³-hybridized carbons (Fsp3) is 0.533. The third-order valence-corrected chi connectivity index (χ3v) is 3.41. The zero-order valence-corrected chi connectivity index (χ0v) is 11.9. The molecule has 0 atom stereocenters. The first-order chi connectivity index (χ1) is 8.82. The van der Waals surface area contributed by atoms with Gasteiger partial charge in [0.15, 0.2) is 0 Å². The number of rotatable bonds is 5. The number of carbonyl (C=O) groups excluding carboxylic acids is 1. The Bertz CT molecular complexity index is 436. The molecule has 4 heteroatoms. The molecule has 0 saturated carbocycles. The maximum absolute atomic E-state index is 13.1. The largest absolute Gasteiger partial charge is 0.507 e. The van der Waals surface area contributed by atoms with Gasteiger partial charge in [0.1, 0.15) is 11.6 Å². The van der Waals surface area contributed by atoms with Gasteiger partial charge in [-0.1, -0.05) is 27.7 Å². The molecule has 0 bridgehead atoms. The van der Waals surface area contributed by atoms with E-state index in [0.717, 1.165) is 12.1 Å². The van der Waals surface area contributed by atoms with Crippen molar-refractivity contribution in [3.8, 4) is 5.75 Å². The molecule has 2 N–H and O–H groups in total. The molecule has 0 aromatic heterocycles. The zero-order chi connectivity index (χ0) is 14.6. The minimum absolute atomic E-state index is 0.0220. The number of phenolic OH excluding ortho intramolecular Hbond substituents is 1. The Kier molecular flexibility index (Phi) is 5.33. The number of hydrogen-bond donors (Lipinski definition) is 2. The van der Waals surface area contributed by atoms with Crippen LogP contribution in [0.25, 0.3) is 0 Å². The van der Waals surface area contributed by atoms with Gasteiger partial charge in [0.25, 0.3) is 5.91 Å². The van der Waals surface area contributed by atoms with Gasteiger partial charge in [0, 0.05) is 6.54 Å². The SMILES string of the molecule is CC(C)C(CNC(=O)c1cc(F)ccc1O)C(C)C. The molecule has 106 valence electrons. The molecule has 0 spiro atoms. The highest BCUT2D eigenvalue weighted by atomic mass is 19.1. The first kappa shape index (κ1) is 15.5. The van der Waals surface area contributed by atoms with Crippen LogP contribution in [0.4, 0.5) is 4.39 Å². The number of carbonyl (C=O) groups is 1. The molecule has 0 saturated heterocycles. The standard InChI is InChI=1S/C15H22FNO2/c1-9(2)13(10(3)4)8-17-15(19)12-7-11(16)5-6-14(12)18/h5-7,9-10,13,18H,8H2,1-4H3,(H,17,19). The van der Waals surface area contributed by atoms with Crippen molar-refractivity contribution in [1.29, 1.82) is 0 Å². The van der Waals surface area contributed by atoms with Crippen LogP contribution in [0.5, 0.6) is 5.75 Å². The molecule has 0 radical (unpaired) electrons. The third kappa shape index (κ3) is 4.23. The van der Waals surface area contributed by atoms with Crippen LogP contribution in [0.2, 0.25) is 0 Å². The number of hydrogen-bond acceptors (Lipinski definition) is 2. The number of amides is 1. The van der Waals surface area contributed by atoms with Crippen molar-refractivity contribution in [2.75, 3.05) is 6.54 Å². The summed E-state index contributed by atoms with van der Waals surface area (Å²) >= 11 is 0. The van der Waals surface area contributed by atoms with Crippen LogP contribution < -0.4 is 5.32 Å². The average molecular weight is 267 g/mol. The summed E-state index contributed by atoms with van der Waals surface area (Å²) in [5.41, 5.74) is -0.0220. The molecular weight excluding hydrogens is 245 g/mol. The average Bonchev–Trinajstić information content (AvgIpc) is 2.31. The Morgan fingerprint density at radius 1 is 1.26 bits per heavy atom. The van der Waals surface area contributed by atoms with Crippen molar-refractivity contribution >= 4 is 5.91 Å².